The zero-order valence-electron chi connectivity index (χ0n) is 22.4. The number of benzene rings is 2. The van der Waals surface area contributed by atoms with Gasteiger partial charge in [-0.25, -0.2) is 9.40 Å². The van der Waals surface area contributed by atoms with E-state index in [-0.39, 0.29) is 36.7 Å². The number of hydrogen-bond acceptors (Lipinski definition) is 6. The lowest BCUT2D eigenvalue weighted by Gasteiger charge is -2.29. The second kappa shape index (κ2) is 12.2. The van der Waals surface area contributed by atoms with Gasteiger partial charge in [-0.05, 0) is 29.2 Å². The molecule has 0 aliphatic carbocycles. The van der Waals surface area contributed by atoms with Crippen molar-refractivity contribution in [3.63, 3.8) is 0 Å². The van der Waals surface area contributed by atoms with Crippen molar-refractivity contribution in [2.45, 2.75) is 39.7 Å². The molecule has 2 aromatic rings. The number of hydrogen-bond donors (Lipinski definition) is 0. The molecule has 0 radical (unpaired) electrons. The highest BCUT2D eigenvalue weighted by Gasteiger charge is 2.36. The Morgan fingerprint density at radius 2 is 1.78 bits per heavy atom. The normalized spacial score (nSPS) is 15.4. The third-order valence-corrected chi connectivity index (χ3v) is 6.07. The molecule has 0 fully saturated rings. The fraction of sp³-hybridized carbons (Fsp3) is 0.464. The number of hydrazone groups is 1. The minimum atomic E-state index is -0.510. The monoisotopic (exact) mass is 513 g/mol. The average molecular weight is 514 g/mol. The van der Waals surface area contributed by atoms with Gasteiger partial charge in [-0.3, -0.25) is 9.59 Å². The topological polar surface area (TPSA) is 80.7 Å². The van der Waals surface area contributed by atoms with Crippen LogP contribution < -0.4 is 9.47 Å². The second-order valence-electron chi connectivity index (χ2n) is 10.1. The zero-order chi connectivity index (χ0) is 27.2. The molecule has 8 nitrogen and oxygen atoms in total. The van der Waals surface area contributed by atoms with Gasteiger partial charge in [0.2, 0.25) is 5.91 Å². The number of methoxy groups -OCH3 is 3. The smallest absolute Gasteiger partial charge is 0.262 e. The fourth-order valence-electron chi connectivity index (χ4n) is 4.21. The standard InChI is InChI=1S/C28H36FN3O5/c1-28(2,3)17-26(33)31(13-14-35-4)18-27(34)32-23(19-11-12-24(36-5)25(15-19)37-6)16-22(30-32)20-9-7-8-10-21(20)29/h7-12,15,23H,13-14,16-18H2,1-6H3. The van der Waals surface area contributed by atoms with Crippen LogP contribution in [0.4, 0.5) is 4.39 Å². The van der Waals surface area contributed by atoms with E-state index in [0.717, 1.165) is 5.56 Å². The van der Waals surface area contributed by atoms with Crippen LogP contribution in [-0.4, -0.2) is 68.5 Å². The maximum atomic E-state index is 14.6. The van der Waals surface area contributed by atoms with Gasteiger partial charge in [0.05, 0.1) is 32.6 Å². The number of halogens is 1. The van der Waals surface area contributed by atoms with Gasteiger partial charge in [0, 0.05) is 32.1 Å². The van der Waals surface area contributed by atoms with E-state index in [2.05, 4.69) is 5.10 Å². The van der Waals surface area contributed by atoms with E-state index in [9.17, 15) is 14.0 Å². The Bertz CT molecular complexity index is 1140. The largest absolute Gasteiger partial charge is 0.493 e. The fourth-order valence-corrected chi connectivity index (χ4v) is 4.21. The lowest BCUT2D eigenvalue weighted by Crippen LogP contribution is -2.43. The number of amides is 2. The van der Waals surface area contributed by atoms with Crippen LogP contribution in [0.3, 0.4) is 0 Å². The first kappa shape index (κ1) is 28.1. The molecule has 2 amide bonds. The van der Waals surface area contributed by atoms with Crippen molar-refractivity contribution in [3.8, 4) is 11.5 Å². The molecule has 0 N–H and O–H groups in total. The molecule has 200 valence electrons. The number of nitrogens with zero attached hydrogens (tertiary/aromatic N) is 3. The molecule has 1 aliphatic heterocycles. The Labute approximate surface area is 218 Å². The van der Waals surface area contributed by atoms with E-state index < -0.39 is 11.9 Å². The van der Waals surface area contributed by atoms with Crippen LogP contribution in [-0.2, 0) is 14.3 Å². The predicted molar refractivity (Wildman–Crippen MR) is 139 cm³/mol. The minimum absolute atomic E-state index is 0.141. The molecule has 0 aromatic heterocycles. The summed E-state index contributed by atoms with van der Waals surface area (Å²) in [6.45, 7) is 6.32. The van der Waals surface area contributed by atoms with E-state index in [0.29, 0.717) is 35.8 Å². The van der Waals surface area contributed by atoms with Crippen molar-refractivity contribution in [3.05, 3.63) is 59.4 Å². The Kier molecular flexibility index (Phi) is 9.26. The molecule has 1 heterocycles. The highest BCUT2D eigenvalue weighted by molar-refractivity contribution is 6.03. The molecule has 0 saturated carbocycles. The van der Waals surface area contributed by atoms with Gasteiger partial charge in [-0.1, -0.05) is 45.0 Å². The van der Waals surface area contributed by atoms with Crippen molar-refractivity contribution in [1.82, 2.24) is 9.91 Å². The maximum absolute atomic E-state index is 14.6. The number of carbonyl (C=O) groups is 2. The summed E-state index contributed by atoms with van der Waals surface area (Å²) in [6.07, 6.45) is 0.586. The quantitative estimate of drug-likeness (QED) is 0.470. The zero-order valence-corrected chi connectivity index (χ0v) is 22.4. The van der Waals surface area contributed by atoms with E-state index in [1.165, 1.54) is 23.1 Å². The van der Waals surface area contributed by atoms with Crippen molar-refractivity contribution in [2.24, 2.45) is 10.5 Å². The lowest BCUT2D eigenvalue weighted by molar-refractivity contribution is -0.143. The summed E-state index contributed by atoms with van der Waals surface area (Å²) in [5, 5.41) is 5.92. The van der Waals surface area contributed by atoms with Gasteiger partial charge in [0.15, 0.2) is 11.5 Å². The summed E-state index contributed by atoms with van der Waals surface area (Å²) in [5.41, 5.74) is 1.31. The Hall–Kier alpha value is -3.46. The summed E-state index contributed by atoms with van der Waals surface area (Å²) >= 11 is 0. The Morgan fingerprint density at radius 3 is 2.41 bits per heavy atom. The van der Waals surface area contributed by atoms with Crippen LogP contribution in [0, 0.1) is 11.2 Å². The van der Waals surface area contributed by atoms with Crippen LogP contribution in [0.15, 0.2) is 47.6 Å². The summed E-state index contributed by atoms with van der Waals surface area (Å²) in [7, 11) is 4.63. The highest BCUT2D eigenvalue weighted by atomic mass is 19.1. The molecule has 37 heavy (non-hydrogen) atoms. The SMILES string of the molecule is COCCN(CC(=O)N1N=C(c2ccccc2F)CC1c1ccc(OC)c(OC)c1)C(=O)CC(C)(C)C. The molecule has 2 aromatic carbocycles. The minimum Gasteiger partial charge on any atom is -0.493 e. The van der Waals surface area contributed by atoms with Gasteiger partial charge in [0.1, 0.15) is 12.4 Å². The molecular weight excluding hydrogens is 477 g/mol. The molecule has 0 bridgehead atoms. The van der Waals surface area contributed by atoms with Crippen LogP contribution in [0.25, 0.3) is 0 Å². The van der Waals surface area contributed by atoms with Crippen molar-refractivity contribution >= 4 is 17.5 Å². The molecule has 1 aliphatic rings. The van der Waals surface area contributed by atoms with E-state index in [4.69, 9.17) is 14.2 Å². The van der Waals surface area contributed by atoms with Gasteiger partial charge >= 0.3 is 0 Å². The summed E-state index contributed by atoms with van der Waals surface area (Å²) < 4.78 is 30.6. The van der Waals surface area contributed by atoms with Gasteiger partial charge in [-0.15, -0.1) is 0 Å². The molecule has 1 atom stereocenters. The van der Waals surface area contributed by atoms with Crippen LogP contribution in [0.5, 0.6) is 11.5 Å². The van der Waals surface area contributed by atoms with Crippen molar-refractivity contribution in [2.75, 3.05) is 41.0 Å². The first-order chi connectivity index (χ1) is 17.6. The van der Waals surface area contributed by atoms with E-state index in [1.807, 2.05) is 26.8 Å². The number of ether oxygens (including phenoxy) is 3. The van der Waals surface area contributed by atoms with Crippen LogP contribution in [0.1, 0.15) is 50.8 Å². The summed E-state index contributed by atoms with van der Waals surface area (Å²) in [5.74, 6) is 0.135. The molecule has 9 heteroatoms. The third-order valence-electron chi connectivity index (χ3n) is 6.07. The molecular formula is C28H36FN3O5. The lowest BCUT2D eigenvalue weighted by atomic mass is 9.91. The molecule has 0 saturated heterocycles. The highest BCUT2D eigenvalue weighted by Crippen LogP contribution is 2.37. The Morgan fingerprint density at radius 1 is 1.08 bits per heavy atom. The van der Waals surface area contributed by atoms with Gasteiger partial charge in [-0.2, -0.15) is 5.10 Å². The van der Waals surface area contributed by atoms with E-state index in [1.54, 1.807) is 44.6 Å². The van der Waals surface area contributed by atoms with Crippen LogP contribution in [0.2, 0.25) is 0 Å². The Balaban J connectivity index is 1.96. The average Bonchev–Trinajstić information content (AvgIpc) is 3.30. The third kappa shape index (κ3) is 7.07. The van der Waals surface area contributed by atoms with Crippen molar-refractivity contribution < 1.29 is 28.2 Å². The molecule has 3 rings (SSSR count). The first-order valence-electron chi connectivity index (χ1n) is 12.2. The number of carbonyl (C=O) groups excluding carboxylic acids is 2. The van der Waals surface area contributed by atoms with E-state index >= 15 is 0 Å². The second-order valence-corrected chi connectivity index (χ2v) is 10.1. The molecule has 0 spiro atoms. The summed E-state index contributed by atoms with van der Waals surface area (Å²) in [4.78, 5) is 28.2. The van der Waals surface area contributed by atoms with Gasteiger partial charge in [0.25, 0.3) is 5.91 Å². The first-order valence-corrected chi connectivity index (χ1v) is 12.2. The number of rotatable bonds is 10. The van der Waals surface area contributed by atoms with Crippen molar-refractivity contribution in [1.29, 1.82) is 0 Å². The van der Waals surface area contributed by atoms with Gasteiger partial charge < -0.3 is 19.1 Å². The summed E-state index contributed by atoms with van der Waals surface area (Å²) in [6, 6.07) is 11.2. The maximum Gasteiger partial charge on any atom is 0.262 e. The predicted octanol–water partition coefficient (Wildman–Crippen LogP) is 4.43. The van der Waals surface area contributed by atoms with Crippen LogP contribution >= 0.6 is 0 Å². The molecule has 1 unspecified atom stereocenters.